The van der Waals surface area contributed by atoms with Crippen molar-refractivity contribution >= 4 is 28.6 Å². The summed E-state index contributed by atoms with van der Waals surface area (Å²) in [4.78, 5) is 25.8. The zero-order chi connectivity index (χ0) is 25.5. The van der Waals surface area contributed by atoms with Gasteiger partial charge in [0.05, 0.1) is 29.2 Å². The Hall–Kier alpha value is -4.78. The molecule has 0 saturated heterocycles. The first kappa shape index (κ1) is 24.3. The van der Waals surface area contributed by atoms with Gasteiger partial charge in [0.1, 0.15) is 30.1 Å². The lowest BCUT2D eigenvalue weighted by Gasteiger charge is -2.16. The van der Waals surface area contributed by atoms with E-state index in [9.17, 15) is 14.4 Å². The molecular formula is C26H24FN7O2. The molecule has 4 aromatic rings. The fourth-order valence-corrected chi connectivity index (χ4v) is 3.51. The van der Waals surface area contributed by atoms with Crippen LogP contribution in [0.5, 0.6) is 5.75 Å². The lowest BCUT2D eigenvalue weighted by atomic mass is 10.1. The second-order valence-electron chi connectivity index (χ2n) is 7.92. The van der Waals surface area contributed by atoms with Gasteiger partial charge in [0, 0.05) is 24.8 Å². The maximum Gasteiger partial charge on any atom is 0.255 e. The van der Waals surface area contributed by atoms with Gasteiger partial charge in [0.2, 0.25) is 5.95 Å². The normalized spacial score (nSPS) is 11.4. The van der Waals surface area contributed by atoms with Gasteiger partial charge >= 0.3 is 0 Å². The van der Waals surface area contributed by atoms with E-state index in [2.05, 4.69) is 30.9 Å². The highest BCUT2D eigenvalue weighted by atomic mass is 19.1. The van der Waals surface area contributed by atoms with E-state index in [1.54, 1.807) is 32.3 Å². The number of carbonyl (C=O) groups excluding carboxylic acids is 1. The monoisotopic (exact) mass is 485 g/mol. The molecule has 9 nitrogen and oxygen atoms in total. The Balaban J connectivity index is 1.39. The lowest BCUT2D eigenvalue weighted by Crippen LogP contribution is -2.28. The third-order valence-corrected chi connectivity index (χ3v) is 5.42. The van der Waals surface area contributed by atoms with Gasteiger partial charge in [-0.25, -0.2) is 19.3 Å². The maximum atomic E-state index is 13.2. The third kappa shape index (κ3) is 5.82. The lowest BCUT2D eigenvalue weighted by molar-refractivity contribution is 0.0940. The predicted octanol–water partition coefficient (Wildman–Crippen LogP) is 4.06. The van der Waals surface area contributed by atoms with E-state index in [1.165, 1.54) is 24.4 Å². The van der Waals surface area contributed by atoms with Crippen LogP contribution in [0.25, 0.3) is 10.9 Å². The summed E-state index contributed by atoms with van der Waals surface area (Å²) in [5.41, 5.74) is 2.04. The van der Waals surface area contributed by atoms with Crippen molar-refractivity contribution in [3.63, 3.8) is 0 Å². The summed E-state index contributed by atoms with van der Waals surface area (Å²) in [5, 5.41) is 19.0. The topological polar surface area (TPSA) is 125 Å². The quantitative estimate of drug-likeness (QED) is 0.303. The molecule has 2 heterocycles. The number of ether oxygens (including phenoxy) is 1. The molecule has 0 aliphatic heterocycles. The van der Waals surface area contributed by atoms with Crippen LogP contribution in [0.15, 0.2) is 60.9 Å². The summed E-state index contributed by atoms with van der Waals surface area (Å²) in [6.07, 6.45) is 3.11. The minimum Gasteiger partial charge on any atom is -0.492 e. The van der Waals surface area contributed by atoms with E-state index in [0.29, 0.717) is 30.7 Å². The van der Waals surface area contributed by atoms with Crippen LogP contribution in [0.4, 0.5) is 16.2 Å². The molecule has 182 valence electrons. The van der Waals surface area contributed by atoms with E-state index < -0.39 is 5.91 Å². The summed E-state index contributed by atoms with van der Waals surface area (Å²) in [6, 6.07) is 14.5. The Labute approximate surface area is 207 Å². The molecule has 0 fully saturated rings. The van der Waals surface area contributed by atoms with Gasteiger partial charge in [0.15, 0.2) is 0 Å². The number of anilines is 2. The highest BCUT2D eigenvalue weighted by molar-refractivity contribution is 5.99. The number of fused-ring (bicyclic) bond motifs is 1. The van der Waals surface area contributed by atoms with E-state index in [0.717, 1.165) is 16.5 Å². The molecule has 4 rings (SSSR count). The first-order valence-electron chi connectivity index (χ1n) is 11.2. The first-order chi connectivity index (χ1) is 17.5. The number of nitrogens with one attached hydrogen (secondary N) is 3. The van der Waals surface area contributed by atoms with E-state index in [1.807, 2.05) is 24.3 Å². The Morgan fingerprint density at radius 1 is 1.14 bits per heavy atom. The fraction of sp³-hybridized carbons (Fsp3) is 0.192. The maximum absolute atomic E-state index is 13.2. The average Bonchev–Trinajstić information content (AvgIpc) is 2.91. The molecule has 3 N–H and O–H groups in total. The van der Waals surface area contributed by atoms with Crippen LogP contribution >= 0.6 is 0 Å². The molecule has 2 aromatic carbocycles. The fourth-order valence-electron chi connectivity index (χ4n) is 3.51. The van der Waals surface area contributed by atoms with Crippen LogP contribution in [0, 0.1) is 17.1 Å². The zero-order valence-electron chi connectivity index (χ0n) is 19.7. The molecule has 0 aliphatic rings. The molecule has 0 saturated carbocycles. The van der Waals surface area contributed by atoms with Crippen LogP contribution in [-0.4, -0.2) is 41.1 Å². The Kier molecular flexibility index (Phi) is 7.51. The number of amides is 1. The van der Waals surface area contributed by atoms with Crippen molar-refractivity contribution in [2.24, 2.45) is 0 Å². The third-order valence-electron chi connectivity index (χ3n) is 5.42. The van der Waals surface area contributed by atoms with Gasteiger partial charge in [-0.3, -0.25) is 4.79 Å². The van der Waals surface area contributed by atoms with E-state index >= 15 is 0 Å². The Morgan fingerprint density at radius 2 is 1.94 bits per heavy atom. The molecule has 0 radical (unpaired) electrons. The zero-order valence-corrected chi connectivity index (χ0v) is 19.7. The van der Waals surface area contributed by atoms with Crippen molar-refractivity contribution in [3.8, 4) is 11.8 Å². The molecule has 10 heteroatoms. The minimum absolute atomic E-state index is 0.228. The standard InChI is InChI=1S/C26H24FN7O2/c1-16(18-3-5-20(27)6-4-18)33-25(35)22-11-17(13-28)14-31-24(22)30-9-10-36-21-7-8-23-19(12-21)15-32-26(29-2)34-23/h3-8,11-12,14-16H,9-10H2,1-2H3,(H,30,31)(H,33,35)(H,29,32,34). The molecule has 0 bridgehead atoms. The van der Waals surface area contributed by atoms with Crippen LogP contribution in [-0.2, 0) is 0 Å². The van der Waals surface area contributed by atoms with Crippen molar-refractivity contribution in [3.05, 3.63) is 83.4 Å². The van der Waals surface area contributed by atoms with Crippen molar-refractivity contribution in [2.45, 2.75) is 13.0 Å². The molecule has 1 unspecified atom stereocenters. The number of hydrogen-bond donors (Lipinski definition) is 3. The van der Waals surface area contributed by atoms with Gasteiger partial charge in [0.25, 0.3) is 5.91 Å². The summed E-state index contributed by atoms with van der Waals surface area (Å²) in [5.74, 6) is 0.770. The average molecular weight is 486 g/mol. The summed E-state index contributed by atoms with van der Waals surface area (Å²) in [6.45, 7) is 2.46. The molecule has 0 aliphatic carbocycles. The number of benzene rings is 2. The Bertz CT molecular complexity index is 1420. The minimum atomic E-state index is -0.407. The predicted molar refractivity (Wildman–Crippen MR) is 134 cm³/mol. The number of carbonyl (C=O) groups is 1. The molecule has 1 amide bonds. The second kappa shape index (κ2) is 11.1. The largest absolute Gasteiger partial charge is 0.492 e. The number of nitriles is 1. The molecule has 1 atom stereocenters. The van der Waals surface area contributed by atoms with Gasteiger partial charge in [-0.2, -0.15) is 5.26 Å². The van der Waals surface area contributed by atoms with Crippen molar-refractivity contribution < 1.29 is 13.9 Å². The number of nitrogens with zero attached hydrogens (tertiary/aromatic N) is 4. The smallest absolute Gasteiger partial charge is 0.255 e. The number of halogens is 1. The number of aromatic nitrogens is 3. The van der Waals surface area contributed by atoms with Gasteiger partial charge < -0.3 is 20.7 Å². The molecule has 0 spiro atoms. The Morgan fingerprint density at radius 3 is 2.69 bits per heavy atom. The van der Waals surface area contributed by atoms with Gasteiger partial charge in [-0.15, -0.1) is 0 Å². The van der Waals surface area contributed by atoms with Gasteiger partial charge in [-0.1, -0.05) is 12.1 Å². The van der Waals surface area contributed by atoms with Crippen molar-refractivity contribution in [1.82, 2.24) is 20.3 Å². The highest BCUT2D eigenvalue weighted by Gasteiger charge is 2.17. The summed E-state index contributed by atoms with van der Waals surface area (Å²) < 4.78 is 19.0. The second-order valence-corrected chi connectivity index (χ2v) is 7.92. The first-order valence-corrected chi connectivity index (χ1v) is 11.2. The number of pyridine rings is 1. The number of rotatable bonds is 9. The number of hydrogen-bond acceptors (Lipinski definition) is 8. The molecular weight excluding hydrogens is 461 g/mol. The van der Waals surface area contributed by atoms with Crippen molar-refractivity contribution in [1.29, 1.82) is 5.26 Å². The molecule has 2 aromatic heterocycles. The van der Waals surface area contributed by atoms with E-state index in [-0.39, 0.29) is 23.0 Å². The molecule has 36 heavy (non-hydrogen) atoms. The van der Waals surface area contributed by atoms with Crippen LogP contribution in [0.3, 0.4) is 0 Å². The van der Waals surface area contributed by atoms with Crippen LogP contribution in [0.1, 0.15) is 34.5 Å². The SMILES string of the molecule is CNc1ncc2cc(OCCNc3ncc(C#N)cc3C(=O)NC(C)c3ccc(F)cc3)ccc2n1. The summed E-state index contributed by atoms with van der Waals surface area (Å²) >= 11 is 0. The summed E-state index contributed by atoms with van der Waals surface area (Å²) in [7, 11) is 1.76. The van der Waals surface area contributed by atoms with Crippen LogP contribution in [0.2, 0.25) is 0 Å². The highest BCUT2D eigenvalue weighted by Crippen LogP contribution is 2.21. The van der Waals surface area contributed by atoms with Crippen LogP contribution < -0.4 is 20.7 Å². The van der Waals surface area contributed by atoms with Crippen molar-refractivity contribution in [2.75, 3.05) is 30.8 Å². The van der Waals surface area contributed by atoms with Gasteiger partial charge in [-0.05, 0) is 48.9 Å². The van der Waals surface area contributed by atoms with E-state index in [4.69, 9.17) is 4.74 Å².